The molecule has 0 saturated heterocycles. The Morgan fingerprint density at radius 2 is 2.00 bits per heavy atom. The number of benzene rings is 1. The first-order valence-electron chi connectivity index (χ1n) is 6.27. The maximum atomic E-state index is 11.0. The van der Waals surface area contributed by atoms with Gasteiger partial charge in [-0.1, -0.05) is 50.6 Å². The standard InChI is InChI=1S/C13H18O2.C2H6/c1-10-5-4-6-12(9-10)11(2)7-8-13(14)15-3;1-2/h4-6,9,11H,7-8H2,1-3H3;1-2H3. The van der Waals surface area contributed by atoms with Crippen LogP contribution in [-0.4, -0.2) is 13.1 Å². The molecular weight excluding hydrogens is 212 g/mol. The van der Waals surface area contributed by atoms with Gasteiger partial charge in [-0.15, -0.1) is 0 Å². The highest BCUT2D eigenvalue weighted by atomic mass is 16.5. The molecule has 1 rings (SSSR count). The first kappa shape index (κ1) is 15.7. The smallest absolute Gasteiger partial charge is 0.305 e. The van der Waals surface area contributed by atoms with Crippen LogP contribution in [0, 0.1) is 6.92 Å². The van der Waals surface area contributed by atoms with E-state index >= 15 is 0 Å². The molecule has 96 valence electrons. The van der Waals surface area contributed by atoms with Crippen molar-refractivity contribution < 1.29 is 9.53 Å². The van der Waals surface area contributed by atoms with Crippen molar-refractivity contribution in [1.29, 1.82) is 0 Å². The number of esters is 1. The molecule has 1 aromatic carbocycles. The monoisotopic (exact) mass is 236 g/mol. The quantitative estimate of drug-likeness (QED) is 0.736. The number of carbonyl (C=O) groups is 1. The largest absolute Gasteiger partial charge is 0.469 e. The van der Waals surface area contributed by atoms with Gasteiger partial charge < -0.3 is 4.74 Å². The number of hydrogen-bond acceptors (Lipinski definition) is 2. The highest BCUT2D eigenvalue weighted by molar-refractivity contribution is 5.69. The molecular formula is C15H24O2. The van der Waals surface area contributed by atoms with E-state index in [2.05, 4.69) is 42.8 Å². The minimum absolute atomic E-state index is 0.130. The molecule has 2 nitrogen and oxygen atoms in total. The van der Waals surface area contributed by atoms with Crippen molar-refractivity contribution in [3.8, 4) is 0 Å². The zero-order valence-electron chi connectivity index (χ0n) is 11.6. The molecule has 0 amide bonds. The van der Waals surface area contributed by atoms with E-state index in [-0.39, 0.29) is 5.97 Å². The second-order valence-corrected chi connectivity index (χ2v) is 3.93. The molecule has 0 fully saturated rings. The van der Waals surface area contributed by atoms with Crippen LogP contribution in [0.25, 0.3) is 0 Å². The van der Waals surface area contributed by atoms with E-state index < -0.39 is 0 Å². The summed E-state index contributed by atoms with van der Waals surface area (Å²) in [4.78, 5) is 11.0. The van der Waals surface area contributed by atoms with Gasteiger partial charge in [-0.2, -0.15) is 0 Å². The molecule has 0 aliphatic carbocycles. The Balaban J connectivity index is 0.00000121. The number of methoxy groups -OCH3 is 1. The Hall–Kier alpha value is -1.31. The number of hydrogen-bond donors (Lipinski definition) is 0. The average Bonchev–Trinajstić information content (AvgIpc) is 2.37. The van der Waals surface area contributed by atoms with E-state index in [1.165, 1.54) is 18.2 Å². The summed E-state index contributed by atoms with van der Waals surface area (Å²) in [5.74, 6) is 0.276. The fourth-order valence-corrected chi connectivity index (χ4v) is 1.58. The van der Waals surface area contributed by atoms with Gasteiger partial charge in [0.2, 0.25) is 0 Å². The lowest BCUT2D eigenvalue weighted by atomic mass is 9.95. The summed E-state index contributed by atoms with van der Waals surface area (Å²) in [5.41, 5.74) is 2.55. The van der Waals surface area contributed by atoms with Crippen molar-refractivity contribution in [2.24, 2.45) is 0 Å². The van der Waals surface area contributed by atoms with Gasteiger partial charge in [0, 0.05) is 6.42 Å². The van der Waals surface area contributed by atoms with Crippen LogP contribution in [0.1, 0.15) is 50.7 Å². The molecule has 17 heavy (non-hydrogen) atoms. The Bertz CT molecular complexity index is 331. The highest BCUT2D eigenvalue weighted by Gasteiger charge is 2.08. The summed E-state index contributed by atoms with van der Waals surface area (Å²) in [6.07, 6.45) is 1.34. The van der Waals surface area contributed by atoms with Gasteiger partial charge in [0.1, 0.15) is 0 Å². The molecule has 0 radical (unpaired) electrons. The summed E-state index contributed by atoms with van der Waals surface area (Å²) in [5, 5.41) is 0. The second kappa shape index (κ2) is 8.80. The lowest BCUT2D eigenvalue weighted by Gasteiger charge is -2.11. The summed E-state index contributed by atoms with van der Waals surface area (Å²) in [7, 11) is 1.43. The van der Waals surface area contributed by atoms with E-state index in [1.807, 2.05) is 13.8 Å². The van der Waals surface area contributed by atoms with Gasteiger partial charge in [-0.05, 0) is 24.8 Å². The molecule has 0 aliphatic heterocycles. The number of rotatable bonds is 4. The summed E-state index contributed by atoms with van der Waals surface area (Å²) in [6, 6.07) is 8.41. The van der Waals surface area contributed by atoms with Crippen LogP contribution in [0.5, 0.6) is 0 Å². The lowest BCUT2D eigenvalue weighted by Crippen LogP contribution is -2.03. The predicted molar refractivity (Wildman–Crippen MR) is 72.2 cm³/mol. The lowest BCUT2D eigenvalue weighted by molar-refractivity contribution is -0.140. The minimum atomic E-state index is -0.130. The number of aryl methyl sites for hydroxylation is 1. The SMILES string of the molecule is CC.COC(=O)CCC(C)c1cccc(C)c1. The van der Waals surface area contributed by atoms with E-state index in [4.69, 9.17) is 0 Å². The van der Waals surface area contributed by atoms with Crippen LogP contribution in [0.3, 0.4) is 0 Å². The molecule has 0 bridgehead atoms. The van der Waals surface area contributed by atoms with E-state index in [0.29, 0.717) is 12.3 Å². The molecule has 0 N–H and O–H groups in total. The van der Waals surface area contributed by atoms with Crippen LogP contribution >= 0.6 is 0 Å². The van der Waals surface area contributed by atoms with Crippen molar-refractivity contribution in [3.05, 3.63) is 35.4 Å². The minimum Gasteiger partial charge on any atom is -0.469 e. The third-order valence-corrected chi connectivity index (χ3v) is 2.62. The van der Waals surface area contributed by atoms with Gasteiger partial charge >= 0.3 is 5.97 Å². The second-order valence-electron chi connectivity index (χ2n) is 3.93. The molecule has 0 heterocycles. The molecule has 0 aromatic heterocycles. The third-order valence-electron chi connectivity index (χ3n) is 2.62. The summed E-state index contributed by atoms with van der Waals surface area (Å²) < 4.78 is 4.62. The molecule has 0 saturated carbocycles. The Labute approximate surface area is 105 Å². The molecule has 1 unspecified atom stereocenters. The van der Waals surface area contributed by atoms with Gasteiger partial charge in [-0.25, -0.2) is 0 Å². The van der Waals surface area contributed by atoms with Crippen LogP contribution in [-0.2, 0) is 9.53 Å². The summed E-state index contributed by atoms with van der Waals surface area (Å²) in [6.45, 7) is 8.22. The predicted octanol–water partition coefficient (Wildman–Crippen LogP) is 4.08. The van der Waals surface area contributed by atoms with Crippen LogP contribution in [0.2, 0.25) is 0 Å². The Kier molecular flexibility index (Phi) is 8.12. The molecule has 1 atom stereocenters. The first-order valence-corrected chi connectivity index (χ1v) is 6.27. The third kappa shape index (κ3) is 6.10. The molecule has 0 aliphatic rings. The van der Waals surface area contributed by atoms with Crippen molar-refractivity contribution >= 4 is 5.97 Å². The van der Waals surface area contributed by atoms with E-state index in [0.717, 1.165) is 6.42 Å². The number of ether oxygens (including phenoxy) is 1. The molecule has 2 heteroatoms. The summed E-state index contributed by atoms with van der Waals surface area (Å²) >= 11 is 0. The maximum Gasteiger partial charge on any atom is 0.305 e. The van der Waals surface area contributed by atoms with Crippen LogP contribution in [0.4, 0.5) is 0 Å². The Morgan fingerprint density at radius 3 is 2.53 bits per heavy atom. The maximum absolute atomic E-state index is 11.0. The van der Waals surface area contributed by atoms with Crippen molar-refractivity contribution in [1.82, 2.24) is 0 Å². The molecule has 0 spiro atoms. The van der Waals surface area contributed by atoms with E-state index in [9.17, 15) is 4.79 Å². The number of carbonyl (C=O) groups excluding carboxylic acids is 1. The van der Waals surface area contributed by atoms with Crippen molar-refractivity contribution in [2.45, 2.75) is 46.5 Å². The van der Waals surface area contributed by atoms with Gasteiger partial charge in [0.15, 0.2) is 0 Å². The average molecular weight is 236 g/mol. The van der Waals surface area contributed by atoms with Crippen LogP contribution in [0.15, 0.2) is 24.3 Å². The molecule has 1 aromatic rings. The highest BCUT2D eigenvalue weighted by Crippen LogP contribution is 2.21. The fraction of sp³-hybridized carbons (Fsp3) is 0.533. The normalized spacial score (nSPS) is 11.1. The zero-order valence-corrected chi connectivity index (χ0v) is 11.6. The van der Waals surface area contributed by atoms with Crippen molar-refractivity contribution in [3.63, 3.8) is 0 Å². The fourth-order valence-electron chi connectivity index (χ4n) is 1.58. The van der Waals surface area contributed by atoms with Gasteiger partial charge in [-0.3, -0.25) is 4.79 Å². The van der Waals surface area contributed by atoms with Gasteiger partial charge in [0.05, 0.1) is 7.11 Å². The van der Waals surface area contributed by atoms with Crippen molar-refractivity contribution in [2.75, 3.05) is 7.11 Å². The van der Waals surface area contributed by atoms with Gasteiger partial charge in [0.25, 0.3) is 0 Å². The first-order chi connectivity index (χ1) is 8.13. The Morgan fingerprint density at radius 1 is 1.35 bits per heavy atom. The topological polar surface area (TPSA) is 26.3 Å². The van der Waals surface area contributed by atoms with Crippen LogP contribution < -0.4 is 0 Å². The zero-order chi connectivity index (χ0) is 13.3. The van der Waals surface area contributed by atoms with E-state index in [1.54, 1.807) is 0 Å².